The van der Waals surface area contributed by atoms with Crippen molar-refractivity contribution in [3.8, 4) is 0 Å². The molecule has 1 heterocycles. The maximum atomic E-state index is 5.45. The summed E-state index contributed by atoms with van der Waals surface area (Å²) in [4.78, 5) is 0. The van der Waals surface area contributed by atoms with Crippen LogP contribution < -0.4 is 11.3 Å². The van der Waals surface area contributed by atoms with Gasteiger partial charge in [0, 0.05) is 18.6 Å². The Balaban J connectivity index is 2.43. The van der Waals surface area contributed by atoms with Crippen molar-refractivity contribution in [2.45, 2.75) is 38.8 Å². The average Bonchev–Trinajstić information content (AvgIpc) is 2.40. The number of hydrazine groups is 1. The van der Waals surface area contributed by atoms with E-state index < -0.39 is 0 Å². The Bertz CT molecular complexity index is 115. The van der Waals surface area contributed by atoms with Crippen LogP contribution >= 0.6 is 0 Å². The molecule has 0 bridgehead atoms. The zero-order chi connectivity index (χ0) is 8.27. The quantitative estimate of drug-likeness (QED) is 0.468. The van der Waals surface area contributed by atoms with Crippen LogP contribution in [0.3, 0.4) is 0 Å². The van der Waals surface area contributed by atoms with Crippen molar-refractivity contribution in [2.24, 2.45) is 11.8 Å². The summed E-state index contributed by atoms with van der Waals surface area (Å²) in [7, 11) is 0. The van der Waals surface area contributed by atoms with Gasteiger partial charge in [0.05, 0.1) is 6.10 Å². The van der Waals surface area contributed by atoms with Crippen LogP contribution in [0, 0.1) is 5.92 Å². The molecule has 0 aromatic carbocycles. The first-order valence-electron chi connectivity index (χ1n) is 4.37. The summed E-state index contributed by atoms with van der Waals surface area (Å²) in [6.07, 6.45) is 2.59. The highest BCUT2D eigenvalue weighted by atomic mass is 16.5. The van der Waals surface area contributed by atoms with Crippen LogP contribution in [0.4, 0.5) is 0 Å². The van der Waals surface area contributed by atoms with Crippen LogP contribution in [0.5, 0.6) is 0 Å². The van der Waals surface area contributed by atoms with Gasteiger partial charge in [-0.1, -0.05) is 6.92 Å². The van der Waals surface area contributed by atoms with Gasteiger partial charge in [-0.25, -0.2) is 0 Å². The summed E-state index contributed by atoms with van der Waals surface area (Å²) in [6, 6.07) is 0.424. The lowest BCUT2D eigenvalue weighted by molar-refractivity contribution is 0.0949. The zero-order valence-corrected chi connectivity index (χ0v) is 7.34. The van der Waals surface area contributed by atoms with Crippen molar-refractivity contribution in [3.05, 3.63) is 0 Å². The van der Waals surface area contributed by atoms with Gasteiger partial charge in [-0.15, -0.1) is 0 Å². The van der Waals surface area contributed by atoms with E-state index in [4.69, 9.17) is 10.6 Å². The molecular weight excluding hydrogens is 140 g/mol. The fraction of sp³-hybridized carbons (Fsp3) is 1.00. The minimum atomic E-state index is 0.371. The molecule has 1 aliphatic heterocycles. The van der Waals surface area contributed by atoms with E-state index in [-0.39, 0.29) is 0 Å². The molecule has 0 aliphatic carbocycles. The number of hydrogen-bond donors (Lipinski definition) is 2. The third-order valence-corrected chi connectivity index (χ3v) is 2.61. The molecular formula is C8H18N2O. The fourth-order valence-corrected chi connectivity index (χ4v) is 1.82. The molecule has 3 N–H and O–H groups in total. The van der Waals surface area contributed by atoms with Gasteiger partial charge in [0.15, 0.2) is 0 Å². The average molecular weight is 158 g/mol. The third-order valence-electron chi connectivity index (χ3n) is 2.61. The number of ether oxygens (including phenoxy) is 1. The van der Waals surface area contributed by atoms with Gasteiger partial charge in [-0.05, 0) is 19.8 Å². The van der Waals surface area contributed by atoms with Gasteiger partial charge in [-0.2, -0.15) is 0 Å². The number of nitrogens with one attached hydrogen (secondary N) is 1. The molecule has 1 aliphatic rings. The molecule has 3 heteroatoms. The molecule has 0 aromatic heterocycles. The van der Waals surface area contributed by atoms with Crippen molar-refractivity contribution in [1.82, 2.24) is 5.43 Å². The molecule has 1 fully saturated rings. The standard InChI is InChI=1S/C8H18N2O/c1-3-8(10-9)7-4-5-11-6(7)2/h6-8,10H,3-5,9H2,1-2H3. The van der Waals surface area contributed by atoms with Crippen LogP contribution in [0.25, 0.3) is 0 Å². The Kier molecular flexibility index (Phi) is 3.30. The van der Waals surface area contributed by atoms with E-state index in [1.807, 2.05) is 0 Å². The summed E-state index contributed by atoms with van der Waals surface area (Å²) >= 11 is 0. The number of nitrogens with two attached hydrogens (primary N) is 1. The van der Waals surface area contributed by atoms with Crippen molar-refractivity contribution < 1.29 is 4.74 Å². The van der Waals surface area contributed by atoms with E-state index in [1.165, 1.54) is 0 Å². The topological polar surface area (TPSA) is 47.3 Å². The smallest absolute Gasteiger partial charge is 0.0591 e. The van der Waals surface area contributed by atoms with Crippen LogP contribution in [0.2, 0.25) is 0 Å². The maximum Gasteiger partial charge on any atom is 0.0591 e. The molecule has 3 unspecified atom stereocenters. The lowest BCUT2D eigenvalue weighted by Crippen LogP contribution is -2.42. The van der Waals surface area contributed by atoms with Crippen LogP contribution in [0.15, 0.2) is 0 Å². The van der Waals surface area contributed by atoms with E-state index >= 15 is 0 Å². The second-order valence-corrected chi connectivity index (χ2v) is 3.21. The van der Waals surface area contributed by atoms with Gasteiger partial charge in [-0.3, -0.25) is 11.3 Å². The Morgan fingerprint density at radius 3 is 2.82 bits per heavy atom. The van der Waals surface area contributed by atoms with Crippen LogP contribution in [-0.2, 0) is 4.74 Å². The number of rotatable bonds is 3. The second kappa shape index (κ2) is 4.04. The molecule has 66 valence electrons. The van der Waals surface area contributed by atoms with Gasteiger partial charge < -0.3 is 4.74 Å². The summed E-state index contributed by atoms with van der Waals surface area (Å²) < 4.78 is 5.45. The Hall–Kier alpha value is -0.120. The highest BCUT2D eigenvalue weighted by Crippen LogP contribution is 2.24. The maximum absolute atomic E-state index is 5.45. The van der Waals surface area contributed by atoms with Crippen molar-refractivity contribution in [1.29, 1.82) is 0 Å². The van der Waals surface area contributed by atoms with Crippen molar-refractivity contribution >= 4 is 0 Å². The summed E-state index contributed by atoms with van der Waals surface area (Å²) in [5.41, 5.74) is 2.84. The first-order chi connectivity index (χ1) is 5.29. The number of hydrogen-bond acceptors (Lipinski definition) is 3. The summed E-state index contributed by atoms with van der Waals surface area (Å²) in [5, 5.41) is 0. The molecule has 3 nitrogen and oxygen atoms in total. The first kappa shape index (κ1) is 8.97. The van der Waals surface area contributed by atoms with E-state index in [0.29, 0.717) is 18.1 Å². The minimum Gasteiger partial charge on any atom is -0.378 e. The molecule has 0 saturated carbocycles. The third kappa shape index (κ3) is 1.92. The zero-order valence-electron chi connectivity index (χ0n) is 7.34. The fourth-order valence-electron chi connectivity index (χ4n) is 1.82. The molecule has 0 radical (unpaired) electrons. The molecule has 1 rings (SSSR count). The largest absolute Gasteiger partial charge is 0.378 e. The van der Waals surface area contributed by atoms with Gasteiger partial charge >= 0.3 is 0 Å². The van der Waals surface area contributed by atoms with Crippen molar-refractivity contribution in [2.75, 3.05) is 6.61 Å². The molecule has 3 atom stereocenters. The van der Waals surface area contributed by atoms with Crippen LogP contribution in [-0.4, -0.2) is 18.8 Å². The Morgan fingerprint density at radius 1 is 1.73 bits per heavy atom. The van der Waals surface area contributed by atoms with E-state index in [0.717, 1.165) is 19.4 Å². The van der Waals surface area contributed by atoms with E-state index in [9.17, 15) is 0 Å². The predicted octanol–water partition coefficient (Wildman–Crippen LogP) is 0.653. The van der Waals surface area contributed by atoms with Gasteiger partial charge in [0.2, 0.25) is 0 Å². The van der Waals surface area contributed by atoms with Gasteiger partial charge in [0.25, 0.3) is 0 Å². The summed E-state index contributed by atoms with van der Waals surface area (Å²) in [5.74, 6) is 6.02. The van der Waals surface area contributed by atoms with Gasteiger partial charge in [0.1, 0.15) is 0 Å². The lowest BCUT2D eigenvalue weighted by Gasteiger charge is -2.23. The Morgan fingerprint density at radius 2 is 2.45 bits per heavy atom. The normalized spacial score (nSPS) is 34.1. The van der Waals surface area contributed by atoms with E-state index in [1.54, 1.807) is 0 Å². The summed E-state index contributed by atoms with van der Waals surface area (Å²) in [6.45, 7) is 5.16. The molecule has 0 spiro atoms. The van der Waals surface area contributed by atoms with Crippen molar-refractivity contribution in [3.63, 3.8) is 0 Å². The Labute approximate surface area is 68.3 Å². The minimum absolute atomic E-state index is 0.371. The molecule has 0 aromatic rings. The highest BCUT2D eigenvalue weighted by molar-refractivity contribution is 4.81. The lowest BCUT2D eigenvalue weighted by atomic mass is 9.92. The molecule has 0 amide bonds. The highest BCUT2D eigenvalue weighted by Gasteiger charge is 2.29. The SMILES string of the molecule is CCC(NN)C1CCOC1C. The van der Waals surface area contributed by atoms with Crippen LogP contribution in [0.1, 0.15) is 26.7 Å². The monoisotopic (exact) mass is 158 g/mol. The second-order valence-electron chi connectivity index (χ2n) is 3.21. The van der Waals surface area contributed by atoms with E-state index in [2.05, 4.69) is 19.3 Å². The molecule has 1 saturated heterocycles. The molecule has 11 heavy (non-hydrogen) atoms. The first-order valence-corrected chi connectivity index (χ1v) is 4.37. The predicted molar refractivity (Wildman–Crippen MR) is 44.9 cm³/mol.